The first kappa shape index (κ1) is 19.3. The van der Waals surface area contributed by atoms with Crippen LogP contribution in [-0.4, -0.2) is 60.9 Å². The van der Waals surface area contributed by atoms with Crippen molar-refractivity contribution in [1.29, 1.82) is 0 Å². The lowest BCUT2D eigenvalue weighted by Gasteiger charge is -2.20. The molecule has 1 aromatic heterocycles. The van der Waals surface area contributed by atoms with Crippen LogP contribution in [0, 0.1) is 5.82 Å². The maximum absolute atomic E-state index is 13.8. The Labute approximate surface area is 161 Å². The van der Waals surface area contributed by atoms with Crippen LogP contribution in [0.15, 0.2) is 18.2 Å². The van der Waals surface area contributed by atoms with Gasteiger partial charge >= 0.3 is 0 Å². The first-order valence-corrected chi connectivity index (χ1v) is 9.51. The molecule has 1 aliphatic rings. The molecule has 0 atom stereocenters. The molecule has 6 nitrogen and oxygen atoms in total. The molecule has 0 unspecified atom stereocenters. The van der Waals surface area contributed by atoms with Crippen molar-refractivity contribution in [2.45, 2.75) is 19.3 Å². The number of nitrogens with zero attached hydrogens (tertiary/aromatic N) is 3. The van der Waals surface area contributed by atoms with Crippen LogP contribution in [0.2, 0.25) is 0 Å². The first-order chi connectivity index (χ1) is 12.9. The number of hydrogen-bond donors (Lipinski definition) is 0. The van der Waals surface area contributed by atoms with Crippen molar-refractivity contribution in [2.24, 2.45) is 0 Å². The molecule has 1 aromatic carbocycles. The number of methoxy groups -OCH3 is 1. The van der Waals surface area contributed by atoms with Crippen LogP contribution < -0.4 is 4.74 Å². The van der Waals surface area contributed by atoms with E-state index in [1.165, 1.54) is 35.5 Å². The number of amides is 2. The number of carbonyl (C=O) groups excluding carboxylic acids is 2. The van der Waals surface area contributed by atoms with Gasteiger partial charge in [0.25, 0.3) is 5.91 Å². The van der Waals surface area contributed by atoms with Gasteiger partial charge in [-0.3, -0.25) is 9.59 Å². The molecule has 1 aliphatic heterocycles. The summed E-state index contributed by atoms with van der Waals surface area (Å²) in [5.41, 5.74) is 1.52. The van der Waals surface area contributed by atoms with Gasteiger partial charge in [-0.05, 0) is 17.7 Å². The molecule has 2 aromatic rings. The van der Waals surface area contributed by atoms with Crippen LogP contribution in [0.3, 0.4) is 0 Å². The third kappa shape index (κ3) is 4.27. The Bertz CT molecular complexity index is 840. The van der Waals surface area contributed by atoms with Gasteiger partial charge in [0, 0.05) is 44.9 Å². The Morgan fingerprint density at radius 3 is 2.70 bits per heavy atom. The quantitative estimate of drug-likeness (QED) is 0.801. The zero-order valence-corrected chi connectivity index (χ0v) is 16.4. The molecule has 3 rings (SSSR count). The van der Waals surface area contributed by atoms with Crippen LogP contribution in [0.5, 0.6) is 5.75 Å². The number of hydrogen-bond acceptors (Lipinski definition) is 5. The molecule has 0 saturated carbocycles. The molecule has 0 radical (unpaired) electrons. The van der Waals surface area contributed by atoms with Crippen LogP contribution in [0.4, 0.5) is 4.39 Å². The van der Waals surface area contributed by atoms with Crippen molar-refractivity contribution in [2.75, 3.05) is 34.3 Å². The summed E-state index contributed by atoms with van der Waals surface area (Å²) in [7, 11) is 4.82. The number of fused-ring (bicyclic) bond motifs is 1. The van der Waals surface area contributed by atoms with E-state index < -0.39 is 5.82 Å². The minimum Gasteiger partial charge on any atom is -0.494 e. The normalized spacial score (nSPS) is 13.7. The highest BCUT2D eigenvalue weighted by Gasteiger charge is 2.24. The van der Waals surface area contributed by atoms with Crippen molar-refractivity contribution < 1.29 is 18.7 Å². The smallest absolute Gasteiger partial charge is 0.282 e. The SMILES string of the molecule is COc1ccc(CC(=O)N2CCc3nc(C(=O)N(C)C)sc3CC2)cc1F. The minimum absolute atomic E-state index is 0.0423. The van der Waals surface area contributed by atoms with Crippen LogP contribution in [0.25, 0.3) is 0 Å². The summed E-state index contributed by atoms with van der Waals surface area (Å²) < 4.78 is 18.7. The van der Waals surface area contributed by atoms with Crippen LogP contribution in [-0.2, 0) is 24.1 Å². The van der Waals surface area contributed by atoms with Gasteiger partial charge in [-0.2, -0.15) is 0 Å². The van der Waals surface area contributed by atoms with Gasteiger partial charge in [0.2, 0.25) is 5.91 Å². The summed E-state index contributed by atoms with van der Waals surface area (Å²) >= 11 is 1.41. The Kier molecular flexibility index (Phi) is 5.74. The molecule has 0 bridgehead atoms. The van der Waals surface area contributed by atoms with Gasteiger partial charge in [0.15, 0.2) is 16.6 Å². The summed E-state index contributed by atoms with van der Waals surface area (Å²) in [5.74, 6) is -0.440. The van der Waals surface area contributed by atoms with E-state index in [4.69, 9.17) is 4.74 Å². The predicted octanol–water partition coefficient (Wildman–Crippen LogP) is 2.16. The number of thiazole rings is 1. The monoisotopic (exact) mass is 391 g/mol. The second kappa shape index (κ2) is 8.04. The molecule has 0 aliphatic carbocycles. The Balaban J connectivity index is 1.64. The van der Waals surface area contributed by atoms with Crippen molar-refractivity contribution in [3.63, 3.8) is 0 Å². The highest BCUT2D eigenvalue weighted by molar-refractivity contribution is 7.13. The maximum atomic E-state index is 13.8. The minimum atomic E-state index is -0.469. The third-order valence-corrected chi connectivity index (χ3v) is 5.66. The maximum Gasteiger partial charge on any atom is 0.282 e. The molecule has 2 heterocycles. The lowest BCUT2D eigenvalue weighted by atomic mass is 10.1. The van der Waals surface area contributed by atoms with Crippen molar-refractivity contribution in [1.82, 2.24) is 14.8 Å². The molecule has 8 heteroatoms. The molecule has 0 saturated heterocycles. The average Bonchev–Trinajstić information content (AvgIpc) is 2.94. The number of ether oxygens (including phenoxy) is 1. The van der Waals surface area contributed by atoms with Crippen molar-refractivity contribution in [3.8, 4) is 5.75 Å². The summed E-state index contributed by atoms with van der Waals surface area (Å²) in [6, 6.07) is 4.58. The van der Waals surface area contributed by atoms with Crippen molar-refractivity contribution in [3.05, 3.63) is 45.2 Å². The topological polar surface area (TPSA) is 62.7 Å². The number of carbonyl (C=O) groups is 2. The van der Waals surface area contributed by atoms with E-state index in [-0.39, 0.29) is 24.0 Å². The standard InChI is InChI=1S/C19H22FN3O3S/c1-22(2)19(25)18-21-14-6-8-23(9-7-16(14)27-18)17(24)11-12-4-5-15(26-3)13(20)10-12/h4-5,10H,6-9,11H2,1-3H3. The molecule has 0 spiro atoms. The second-order valence-electron chi connectivity index (χ2n) is 6.61. The van der Waals surface area contributed by atoms with Gasteiger partial charge < -0.3 is 14.5 Å². The molecule has 27 heavy (non-hydrogen) atoms. The average molecular weight is 391 g/mol. The zero-order chi connectivity index (χ0) is 19.6. The third-order valence-electron chi connectivity index (χ3n) is 4.52. The summed E-state index contributed by atoms with van der Waals surface area (Å²) in [6.07, 6.45) is 1.44. The van der Waals surface area contributed by atoms with Gasteiger partial charge in [0.05, 0.1) is 19.2 Å². The van der Waals surface area contributed by atoms with Gasteiger partial charge in [-0.25, -0.2) is 9.37 Å². The molecule has 0 fully saturated rings. The Hall–Kier alpha value is -2.48. The van der Waals surface area contributed by atoms with Gasteiger partial charge in [-0.1, -0.05) is 6.07 Å². The van der Waals surface area contributed by atoms with E-state index in [2.05, 4.69) is 4.98 Å². The summed E-state index contributed by atoms with van der Waals surface area (Å²) in [5, 5.41) is 0.499. The Morgan fingerprint density at radius 2 is 2.04 bits per heavy atom. The molecule has 0 N–H and O–H groups in total. The highest BCUT2D eigenvalue weighted by Crippen LogP contribution is 2.24. The zero-order valence-electron chi connectivity index (χ0n) is 15.6. The van der Waals surface area contributed by atoms with E-state index in [9.17, 15) is 14.0 Å². The first-order valence-electron chi connectivity index (χ1n) is 8.69. The number of aromatic nitrogens is 1. The van der Waals surface area contributed by atoms with Crippen LogP contribution in [0.1, 0.15) is 25.9 Å². The lowest BCUT2D eigenvalue weighted by molar-refractivity contribution is -0.130. The van der Waals surface area contributed by atoms with E-state index in [1.54, 1.807) is 25.1 Å². The Morgan fingerprint density at radius 1 is 1.30 bits per heavy atom. The number of benzene rings is 1. The van der Waals surface area contributed by atoms with Crippen molar-refractivity contribution >= 4 is 23.2 Å². The molecule has 2 amide bonds. The van der Waals surface area contributed by atoms with E-state index in [0.717, 1.165) is 10.6 Å². The fraction of sp³-hybridized carbons (Fsp3) is 0.421. The predicted molar refractivity (Wildman–Crippen MR) is 101 cm³/mol. The van der Waals surface area contributed by atoms with E-state index in [1.807, 2.05) is 0 Å². The number of halogens is 1. The molecular weight excluding hydrogens is 369 g/mol. The van der Waals surface area contributed by atoms with E-state index >= 15 is 0 Å². The van der Waals surface area contributed by atoms with Gasteiger partial charge in [-0.15, -0.1) is 11.3 Å². The largest absolute Gasteiger partial charge is 0.494 e. The molecular formula is C19H22FN3O3S. The summed E-state index contributed by atoms with van der Waals surface area (Å²) in [6.45, 7) is 1.12. The number of rotatable bonds is 4. The highest BCUT2D eigenvalue weighted by atomic mass is 32.1. The summed E-state index contributed by atoms with van der Waals surface area (Å²) in [4.78, 5) is 33.5. The van der Waals surface area contributed by atoms with E-state index in [0.29, 0.717) is 36.5 Å². The second-order valence-corrected chi connectivity index (χ2v) is 7.70. The molecule has 144 valence electrons. The fourth-order valence-electron chi connectivity index (χ4n) is 3.00. The van der Waals surface area contributed by atoms with Gasteiger partial charge in [0.1, 0.15) is 0 Å². The fourth-order valence-corrected chi connectivity index (χ4v) is 4.12. The van der Waals surface area contributed by atoms with Crippen LogP contribution >= 0.6 is 11.3 Å². The lowest BCUT2D eigenvalue weighted by Crippen LogP contribution is -2.34.